The number of benzene rings is 10. The first kappa shape index (κ1) is 31.9. The first-order valence-electron chi connectivity index (χ1n) is 19.2. The Balaban J connectivity index is 1.02. The van der Waals surface area contributed by atoms with Crippen LogP contribution in [0.5, 0.6) is 0 Å². The second-order valence-corrected chi connectivity index (χ2v) is 15.9. The highest BCUT2D eigenvalue weighted by atomic mass is 32.1. The van der Waals surface area contributed by atoms with Crippen LogP contribution in [0, 0.1) is 11.3 Å². The average Bonchev–Trinajstić information content (AvgIpc) is 3.82. The van der Waals surface area contributed by atoms with Gasteiger partial charge in [0.15, 0.2) is 0 Å². The van der Waals surface area contributed by atoms with Crippen molar-refractivity contribution in [2.75, 3.05) is 4.90 Å². The van der Waals surface area contributed by atoms with E-state index in [1.807, 2.05) is 35.6 Å². The molecule has 0 bridgehead atoms. The van der Waals surface area contributed by atoms with E-state index in [2.05, 4.69) is 179 Å². The Labute approximate surface area is 332 Å². The molecule has 57 heavy (non-hydrogen) atoms. The fourth-order valence-electron chi connectivity index (χ4n) is 9.20. The molecule has 4 heteroatoms. The molecule has 3 nitrogen and oxygen atoms in total. The van der Waals surface area contributed by atoms with Gasteiger partial charge in [-0.25, -0.2) is 0 Å². The number of hydrogen-bond donors (Lipinski definition) is 0. The lowest BCUT2D eigenvalue weighted by atomic mass is 9.89. The van der Waals surface area contributed by atoms with E-state index in [1.165, 1.54) is 91.1 Å². The van der Waals surface area contributed by atoms with Crippen LogP contribution >= 0.6 is 11.3 Å². The maximum Gasteiger partial charge on any atom is 0.0991 e. The van der Waals surface area contributed by atoms with E-state index in [1.54, 1.807) is 0 Å². The van der Waals surface area contributed by atoms with Gasteiger partial charge in [0, 0.05) is 59.1 Å². The summed E-state index contributed by atoms with van der Waals surface area (Å²) in [6, 6.07) is 70.2. The van der Waals surface area contributed by atoms with Crippen LogP contribution in [0.3, 0.4) is 0 Å². The topological polar surface area (TPSA) is 32.0 Å². The SMILES string of the molecule is N#Cc1ccc(N(c2ccc(-c3ccc4ccc5cc6c7ccccc7n(-c7ccccc7)c6c6ccc3c4c56)cc2)c2ccc3c(c2)sc2ccccc23)cc1. The molecule has 0 spiro atoms. The van der Waals surface area contributed by atoms with Gasteiger partial charge in [-0.3, -0.25) is 0 Å². The summed E-state index contributed by atoms with van der Waals surface area (Å²) in [5.74, 6) is 0. The molecule has 0 saturated heterocycles. The van der Waals surface area contributed by atoms with Crippen LogP contribution in [0.15, 0.2) is 188 Å². The number of fused-ring (bicyclic) bond motifs is 7. The third-order valence-corrected chi connectivity index (χ3v) is 12.9. The molecule has 0 unspecified atom stereocenters. The van der Waals surface area contributed by atoms with Gasteiger partial charge in [-0.15, -0.1) is 11.3 Å². The van der Waals surface area contributed by atoms with E-state index in [0.717, 1.165) is 17.1 Å². The summed E-state index contributed by atoms with van der Waals surface area (Å²) in [4.78, 5) is 2.29. The zero-order chi connectivity index (χ0) is 37.6. The van der Waals surface area contributed by atoms with Gasteiger partial charge in [0.05, 0.1) is 22.7 Å². The fraction of sp³-hybridized carbons (Fsp3) is 0. The van der Waals surface area contributed by atoms with E-state index in [4.69, 9.17) is 0 Å². The Morgan fingerprint density at radius 2 is 1.09 bits per heavy atom. The van der Waals surface area contributed by atoms with Crippen molar-refractivity contribution in [3.63, 3.8) is 0 Å². The lowest BCUT2D eigenvalue weighted by Crippen LogP contribution is -2.09. The van der Waals surface area contributed by atoms with Crippen molar-refractivity contribution in [1.82, 2.24) is 4.57 Å². The van der Waals surface area contributed by atoms with Crippen LogP contribution in [0.25, 0.3) is 91.1 Å². The maximum atomic E-state index is 9.57. The first-order valence-corrected chi connectivity index (χ1v) is 20.0. The van der Waals surface area contributed by atoms with Crippen molar-refractivity contribution in [3.05, 3.63) is 194 Å². The predicted octanol–water partition coefficient (Wildman–Crippen LogP) is 15.1. The van der Waals surface area contributed by atoms with Gasteiger partial charge in [0.1, 0.15) is 0 Å². The summed E-state index contributed by atoms with van der Waals surface area (Å²) in [6.45, 7) is 0. The summed E-state index contributed by atoms with van der Waals surface area (Å²) in [5.41, 5.74) is 9.78. The molecule has 2 aromatic heterocycles. The molecule has 0 aliphatic heterocycles. The van der Waals surface area contributed by atoms with Crippen molar-refractivity contribution < 1.29 is 0 Å². The second-order valence-electron chi connectivity index (χ2n) is 14.8. The van der Waals surface area contributed by atoms with Crippen LogP contribution in [0.4, 0.5) is 17.1 Å². The largest absolute Gasteiger partial charge is 0.310 e. The highest BCUT2D eigenvalue weighted by Crippen LogP contribution is 2.46. The van der Waals surface area contributed by atoms with E-state index in [0.29, 0.717) is 5.56 Å². The summed E-state index contributed by atoms with van der Waals surface area (Å²) in [6.07, 6.45) is 0. The maximum absolute atomic E-state index is 9.57. The predicted molar refractivity (Wildman–Crippen MR) is 242 cm³/mol. The monoisotopic (exact) mass is 741 g/mol. The Bertz CT molecular complexity index is 3570. The van der Waals surface area contributed by atoms with Crippen molar-refractivity contribution >= 4 is 103 Å². The number of nitrogens with zero attached hydrogens (tertiary/aromatic N) is 3. The molecule has 0 amide bonds. The third kappa shape index (κ3) is 4.77. The summed E-state index contributed by atoms with van der Waals surface area (Å²) in [5, 5.41) is 22.3. The summed E-state index contributed by atoms with van der Waals surface area (Å²) < 4.78 is 4.98. The minimum absolute atomic E-state index is 0.644. The molecule has 0 aliphatic rings. The van der Waals surface area contributed by atoms with Crippen molar-refractivity contribution in [3.8, 4) is 22.9 Å². The molecule has 0 radical (unpaired) electrons. The number of aromatic nitrogens is 1. The van der Waals surface area contributed by atoms with Gasteiger partial charge in [-0.1, -0.05) is 109 Å². The van der Waals surface area contributed by atoms with Crippen LogP contribution < -0.4 is 4.90 Å². The molecule has 264 valence electrons. The van der Waals surface area contributed by atoms with Gasteiger partial charge < -0.3 is 9.47 Å². The highest BCUT2D eigenvalue weighted by molar-refractivity contribution is 7.25. The zero-order valence-corrected chi connectivity index (χ0v) is 31.5. The minimum Gasteiger partial charge on any atom is -0.310 e. The molecule has 0 atom stereocenters. The van der Waals surface area contributed by atoms with Gasteiger partial charge in [0.2, 0.25) is 0 Å². The molecule has 12 rings (SSSR count). The van der Waals surface area contributed by atoms with E-state index in [-0.39, 0.29) is 0 Å². The standard InChI is InChI=1S/C53H31N3S/c54-32-33-14-21-38(22-15-33)55(40-25-27-44-43-11-5-7-13-49(43)57-50(44)31-40)39-23-18-34(19-24-39)41-26-20-35-16-17-36-30-47-42-10-4-6-12-48(42)56(37-8-2-1-3-9-37)53(47)46-29-28-45(41)51(35)52(36)46/h1-31H. The minimum atomic E-state index is 0.644. The van der Waals surface area contributed by atoms with Gasteiger partial charge in [-0.05, 0) is 117 Å². The molecular formula is C53H31N3S. The lowest BCUT2D eigenvalue weighted by Gasteiger charge is -2.26. The number of anilines is 3. The summed E-state index contributed by atoms with van der Waals surface area (Å²) in [7, 11) is 0. The van der Waals surface area contributed by atoms with E-state index < -0.39 is 0 Å². The lowest BCUT2D eigenvalue weighted by molar-refractivity contribution is 1.19. The van der Waals surface area contributed by atoms with Crippen molar-refractivity contribution in [1.29, 1.82) is 5.26 Å². The Morgan fingerprint density at radius 1 is 0.456 bits per heavy atom. The second kappa shape index (κ2) is 12.3. The molecule has 0 aliphatic carbocycles. The Morgan fingerprint density at radius 3 is 1.91 bits per heavy atom. The zero-order valence-electron chi connectivity index (χ0n) is 30.6. The third-order valence-electron chi connectivity index (χ3n) is 11.7. The van der Waals surface area contributed by atoms with Gasteiger partial charge in [-0.2, -0.15) is 5.26 Å². The van der Waals surface area contributed by atoms with Crippen LogP contribution in [0.2, 0.25) is 0 Å². The molecule has 10 aromatic carbocycles. The molecule has 0 saturated carbocycles. The molecular weight excluding hydrogens is 711 g/mol. The number of para-hydroxylation sites is 2. The smallest absolute Gasteiger partial charge is 0.0991 e. The van der Waals surface area contributed by atoms with Gasteiger partial charge >= 0.3 is 0 Å². The van der Waals surface area contributed by atoms with Gasteiger partial charge in [0.25, 0.3) is 0 Å². The van der Waals surface area contributed by atoms with E-state index in [9.17, 15) is 5.26 Å². The highest BCUT2D eigenvalue weighted by Gasteiger charge is 2.20. The number of thiophene rings is 1. The molecule has 2 heterocycles. The van der Waals surface area contributed by atoms with Crippen LogP contribution in [-0.2, 0) is 0 Å². The molecule has 0 fully saturated rings. The van der Waals surface area contributed by atoms with Crippen LogP contribution in [0.1, 0.15) is 5.56 Å². The summed E-state index contributed by atoms with van der Waals surface area (Å²) >= 11 is 1.82. The quantitative estimate of drug-likeness (QED) is 0.165. The van der Waals surface area contributed by atoms with Crippen molar-refractivity contribution in [2.24, 2.45) is 0 Å². The normalized spacial score (nSPS) is 11.8. The average molecular weight is 742 g/mol. The van der Waals surface area contributed by atoms with Crippen molar-refractivity contribution in [2.45, 2.75) is 0 Å². The van der Waals surface area contributed by atoms with Crippen LogP contribution in [-0.4, -0.2) is 4.57 Å². The number of nitriles is 1. The molecule has 12 aromatic rings. The first-order chi connectivity index (χ1) is 28.2. The Kier molecular flexibility index (Phi) is 6.86. The number of hydrogen-bond acceptors (Lipinski definition) is 3. The fourth-order valence-corrected chi connectivity index (χ4v) is 10.3. The Hall–Kier alpha value is -7.45. The van der Waals surface area contributed by atoms with E-state index >= 15 is 0 Å². The molecule has 0 N–H and O–H groups in total. The number of rotatable bonds is 5.